The molecule has 0 radical (unpaired) electrons. The highest BCUT2D eigenvalue weighted by molar-refractivity contribution is 6.36. The maximum absolute atomic E-state index is 12.3. The number of hydrogen-bond donors (Lipinski definition) is 2. The van der Waals surface area contributed by atoms with Crippen LogP contribution in [0, 0.1) is 5.92 Å². The zero-order valence-electron chi connectivity index (χ0n) is 15.0. The number of benzene rings is 2. The second kappa shape index (κ2) is 9.06. The molecule has 2 rings (SSSR count). The van der Waals surface area contributed by atoms with Gasteiger partial charge in [0.15, 0.2) is 0 Å². The van der Waals surface area contributed by atoms with Crippen molar-refractivity contribution in [1.82, 2.24) is 10.9 Å². The summed E-state index contributed by atoms with van der Waals surface area (Å²) in [5, 5.41) is 0.656. The number of amides is 2. The lowest BCUT2D eigenvalue weighted by Crippen LogP contribution is -2.43. The summed E-state index contributed by atoms with van der Waals surface area (Å²) in [5.41, 5.74) is 7.18. The highest BCUT2D eigenvalue weighted by atomic mass is 35.5. The molecule has 0 aliphatic rings. The smallest absolute Gasteiger partial charge is 0.271 e. The number of hydrazine groups is 1. The molecule has 0 heterocycles. The van der Waals surface area contributed by atoms with Gasteiger partial charge in [-0.2, -0.15) is 0 Å². The molecular weight excluding hydrogens is 371 g/mol. The van der Waals surface area contributed by atoms with Gasteiger partial charge in [0.05, 0.1) is 16.5 Å². The topological polar surface area (TPSA) is 58.2 Å². The molecule has 0 aliphatic heterocycles. The zero-order chi connectivity index (χ0) is 19.3. The van der Waals surface area contributed by atoms with Crippen LogP contribution in [0.2, 0.25) is 10.0 Å². The maximum atomic E-state index is 12.3. The van der Waals surface area contributed by atoms with E-state index in [-0.39, 0.29) is 16.5 Å². The van der Waals surface area contributed by atoms with Crippen LogP contribution in [-0.2, 0) is 11.2 Å². The highest BCUT2D eigenvalue weighted by Gasteiger charge is 2.17. The van der Waals surface area contributed by atoms with E-state index in [9.17, 15) is 9.59 Å². The average molecular weight is 393 g/mol. The van der Waals surface area contributed by atoms with Crippen LogP contribution in [0.4, 0.5) is 0 Å². The number of carbonyl (C=O) groups excluding carboxylic acids is 2. The van der Waals surface area contributed by atoms with Gasteiger partial charge in [0.1, 0.15) is 0 Å². The van der Waals surface area contributed by atoms with Crippen LogP contribution >= 0.6 is 23.2 Å². The first-order valence-electron chi connectivity index (χ1n) is 8.42. The predicted octanol–water partition coefficient (Wildman–Crippen LogP) is 4.76. The molecule has 0 fully saturated rings. The second-order valence-corrected chi connectivity index (χ2v) is 7.47. The van der Waals surface area contributed by atoms with Gasteiger partial charge in [-0.1, -0.05) is 61.3 Å². The molecule has 26 heavy (non-hydrogen) atoms. The molecule has 4 nitrogen and oxygen atoms in total. The number of carbonyl (C=O) groups is 2. The Morgan fingerprint density at radius 2 is 1.62 bits per heavy atom. The Labute approximate surface area is 163 Å². The maximum Gasteiger partial charge on any atom is 0.271 e. The lowest BCUT2D eigenvalue weighted by Gasteiger charge is -2.14. The predicted molar refractivity (Wildman–Crippen MR) is 105 cm³/mol. The first-order chi connectivity index (χ1) is 12.3. The van der Waals surface area contributed by atoms with Crippen molar-refractivity contribution in [2.45, 2.75) is 33.1 Å². The van der Waals surface area contributed by atoms with Crippen molar-refractivity contribution in [3.8, 4) is 0 Å². The normalized spacial score (nSPS) is 11.9. The summed E-state index contributed by atoms with van der Waals surface area (Å²) in [5.74, 6) is -0.625. The average Bonchev–Trinajstić information content (AvgIpc) is 2.59. The third kappa shape index (κ3) is 5.48. The molecular formula is C20H22Cl2N2O2. The van der Waals surface area contributed by atoms with E-state index in [0.717, 1.165) is 12.0 Å². The summed E-state index contributed by atoms with van der Waals surface area (Å²) in [7, 11) is 0. The van der Waals surface area contributed by atoms with Gasteiger partial charge in [0.2, 0.25) is 5.91 Å². The van der Waals surface area contributed by atoms with E-state index in [1.54, 1.807) is 13.0 Å². The van der Waals surface area contributed by atoms with Crippen LogP contribution < -0.4 is 10.9 Å². The summed E-state index contributed by atoms with van der Waals surface area (Å²) in [4.78, 5) is 24.4. The Bertz CT molecular complexity index is 789. The largest absolute Gasteiger partial charge is 0.273 e. The molecule has 2 aromatic carbocycles. The fourth-order valence-electron chi connectivity index (χ4n) is 2.53. The fraction of sp³-hybridized carbons (Fsp3) is 0.300. The van der Waals surface area contributed by atoms with E-state index in [1.807, 2.05) is 24.3 Å². The lowest BCUT2D eigenvalue weighted by molar-refractivity contribution is -0.123. The Morgan fingerprint density at radius 3 is 2.19 bits per heavy atom. The third-order valence-electron chi connectivity index (χ3n) is 3.99. The van der Waals surface area contributed by atoms with Crippen molar-refractivity contribution in [3.05, 3.63) is 69.2 Å². The standard InChI is InChI=1S/C20H22Cl2N2O2/c1-12(2)10-14-4-6-15(7-5-14)13(3)19(25)23-24-20(26)17-9-8-16(21)11-18(17)22/h4-9,11-13H,10H2,1-3H3,(H,23,25)(H,24,26)/t13-/m1/s1. The van der Waals surface area contributed by atoms with E-state index in [4.69, 9.17) is 23.2 Å². The first-order valence-corrected chi connectivity index (χ1v) is 9.17. The van der Waals surface area contributed by atoms with E-state index in [0.29, 0.717) is 10.9 Å². The molecule has 0 saturated carbocycles. The molecule has 0 bridgehead atoms. The Hall–Kier alpha value is -2.04. The fourth-order valence-corrected chi connectivity index (χ4v) is 3.03. The first kappa shape index (κ1) is 20.3. The molecule has 0 aliphatic carbocycles. The van der Waals surface area contributed by atoms with Crippen LogP contribution in [0.25, 0.3) is 0 Å². The minimum atomic E-state index is -0.500. The summed E-state index contributed by atoms with van der Waals surface area (Å²) in [6.07, 6.45) is 0.999. The van der Waals surface area contributed by atoms with Crippen LogP contribution in [0.5, 0.6) is 0 Å². The minimum absolute atomic E-state index is 0.220. The Balaban J connectivity index is 1.95. The van der Waals surface area contributed by atoms with Crippen molar-refractivity contribution in [3.63, 3.8) is 0 Å². The van der Waals surface area contributed by atoms with E-state index in [1.165, 1.54) is 17.7 Å². The quantitative estimate of drug-likeness (QED) is 0.720. The number of nitrogens with one attached hydrogen (secondary N) is 2. The van der Waals surface area contributed by atoms with Crippen LogP contribution in [0.15, 0.2) is 42.5 Å². The lowest BCUT2D eigenvalue weighted by atomic mass is 9.96. The van der Waals surface area contributed by atoms with Crippen molar-refractivity contribution >= 4 is 35.0 Å². The van der Waals surface area contributed by atoms with Crippen molar-refractivity contribution in [2.24, 2.45) is 5.92 Å². The van der Waals surface area contributed by atoms with Gasteiger partial charge in [0.25, 0.3) is 5.91 Å². The summed E-state index contributed by atoms with van der Waals surface area (Å²) < 4.78 is 0. The SMILES string of the molecule is CC(C)Cc1ccc([C@@H](C)C(=O)NNC(=O)c2ccc(Cl)cc2Cl)cc1. The molecule has 2 amide bonds. The van der Waals surface area contributed by atoms with Gasteiger partial charge in [-0.25, -0.2) is 0 Å². The van der Waals surface area contributed by atoms with Crippen LogP contribution in [0.1, 0.15) is 48.2 Å². The summed E-state index contributed by atoms with van der Waals surface area (Å²) in [6, 6.07) is 12.5. The molecule has 0 saturated heterocycles. The molecule has 0 aromatic heterocycles. The molecule has 1 atom stereocenters. The van der Waals surface area contributed by atoms with Crippen molar-refractivity contribution in [2.75, 3.05) is 0 Å². The third-order valence-corrected chi connectivity index (χ3v) is 4.54. The van der Waals surface area contributed by atoms with Crippen molar-refractivity contribution < 1.29 is 9.59 Å². The van der Waals surface area contributed by atoms with Crippen LogP contribution in [-0.4, -0.2) is 11.8 Å². The number of rotatable bonds is 5. The molecule has 2 N–H and O–H groups in total. The van der Waals surface area contributed by atoms with E-state index in [2.05, 4.69) is 24.7 Å². The van der Waals surface area contributed by atoms with Gasteiger partial charge >= 0.3 is 0 Å². The van der Waals surface area contributed by atoms with Gasteiger partial charge in [0, 0.05) is 5.02 Å². The second-order valence-electron chi connectivity index (χ2n) is 6.63. The number of halogens is 2. The Morgan fingerprint density at radius 1 is 0.962 bits per heavy atom. The molecule has 0 spiro atoms. The molecule has 0 unspecified atom stereocenters. The monoisotopic (exact) mass is 392 g/mol. The van der Waals surface area contributed by atoms with Crippen molar-refractivity contribution in [1.29, 1.82) is 0 Å². The van der Waals surface area contributed by atoms with E-state index < -0.39 is 11.8 Å². The molecule has 6 heteroatoms. The van der Waals surface area contributed by atoms with Crippen LogP contribution in [0.3, 0.4) is 0 Å². The number of hydrogen-bond acceptors (Lipinski definition) is 2. The molecule has 138 valence electrons. The summed E-state index contributed by atoms with van der Waals surface area (Å²) >= 11 is 11.8. The zero-order valence-corrected chi connectivity index (χ0v) is 16.5. The highest BCUT2D eigenvalue weighted by Crippen LogP contribution is 2.21. The minimum Gasteiger partial charge on any atom is -0.273 e. The van der Waals surface area contributed by atoms with Gasteiger partial charge in [-0.05, 0) is 48.6 Å². The van der Waals surface area contributed by atoms with Gasteiger partial charge < -0.3 is 0 Å². The van der Waals surface area contributed by atoms with E-state index >= 15 is 0 Å². The van der Waals surface area contributed by atoms with Gasteiger partial charge in [-0.3, -0.25) is 20.4 Å². The Kier molecular flexibility index (Phi) is 7.06. The summed E-state index contributed by atoms with van der Waals surface area (Å²) in [6.45, 7) is 6.12. The molecule has 2 aromatic rings. The van der Waals surface area contributed by atoms with Gasteiger partial charge in [-0.15, -0.1) is 0 Å².